The Morgan fingerprint density at radius 2 is 1.88 bits per heavy atom. The third kappa shape index (κ3) is 6.11. The number of nitrogens with zero attached hydrogens (tertiary/aromatic N) is 1. The summed E-state index contributed by atoms with van der Waals surface area (Å²) in [4.78, 5) is 13.7. The molecule has 1 aliphatic heterocycles. The number of hydrogen-bond donors (Lipinski definition) is 0. The summed E-state index contributed by atoms with van der Waals surface area (Å²) < 4.78 is 42.9. The number of halogens is 3. The van der Waals surface area contributed by atoms with Crippen LogP contribution in [0.3, 0.4) is 0 Å². The molecule has 1 heterocycles. The van der Waals surface area contributed by atoms with E-state index in [1.165, 1.54) is 12.1 Å². The smallest absolute Gasteiger partial charge is 0.416 e. The number of allylic oxidation sites excluding steroid dienone is 1. The zero-order valence-electron chi connectivity index (χ0n) is 14.8. The third-order valence-corrected chi connectivity index (χ3v) is 3.96. The number of hydrogen-bond acceptors (Lipinski definition) is 2. The van der Waals surface area contributed by atoms with E-state index in [1.807, 2.05) is 32.9 Å². The summed E-state index contributed by atoms with van der Waals surface area (Å²) in [6.07, 6.45) is 0.845. The second kappa shape index (κ2) is 7.50. The Hall–Kier alpha value is -1.98. The van der Waals surface area contributed by atoms with E-state index in [9.17, 15) is 18.0 Å². The van der Waals surface area contributed by atoms with E-state index < -0.39 is 17.3 Å². The van der Waals surface area contributed by atoms with Gasteiger partial charge in [-0.25, -0.2) is 4.79 Å². The summed E-state index contributed by atoms with van der Waals surface area (Å²) in [7, 11) is 0. The molecule has 0 aromatic heterocycles. The largest absolute Gasteiger partial charge is 0.444 e. The number of benzene rings is 1. The van der Waals surface area contributed by atoms with Gasteiger partial charge >= 0.3 is 12.3 Å². The molecule has 1 aromatic rings. The standard InChI is InChI=1S/C19H24F3NO2/c1-18(2,3)25-17(24)23-12-11-15(13-23)6-4-5-14-7-9-16(10-8-14)19(20,21)22/h4-5,7-10,15H,6,11-13H2,1-3H3. The van der Waals surface area contributed by atoms with E-state index in [2.05, 4.69) is 0 Å². The van der Waals surface area contributed by atoms with Crippen LogP contribution in [0.25, 0.3) is 6.08 Å². The Bertz CT molecular complexity index is 615. The van der Waals surface area contributed by atoms with E-state index in [-0.39, 0.29) is 6.09 Å². The second-order valence-electron chi connectivity index (χ2n) is 7.34. The number of ether oxygens (including phenoxy) is 1. The Morgan fingerprint density at radius 3 is 2.44 bits per heavy atom. The van der Waals surface area contributed by atoms with Crippen molar-refractivity contribution in [2.24, 2.45) is 5.92 Å². The minimum atomic E-state index is -4.31. The maximum absolute atomic E-state index is 12.5. The van der Waals surface area contributed by atoms with Crippen LogP contribution >= 0.6 is 0 Å². The van der Waals surface area contributed by atoms with Gasteiger partial charge in [0.15, 0.2) is 0 Å². The fourth-order valence-electron chi connectivity index (χ4n) is 2.70. The summed E-state index contributed by atoms with van der Waals surface area (Å²) in [5.41, 5.74) is -0.416. The van der Waals surface area contributed by atoms with Crippen molar-refractivity contribution in [3.63, 3.8) is 0 Å². The van der Waals surface area contributed by atoms with Gasteiger partial charge in [-0.15, -0.1) is 0 Å². The first kappa shape index (κ1) is 19.3. The van der Waals surface area contributed by atoms with E-state index >= 15 is 0 Å². The molecule has 25 heavy (non-hydrogen) atoms. The monoisotopic (exact) mass is 355 g/mol. The molecule has 0 aliphatic carbocycles. The molecule has 3 nitrogen and oxygen atoms in total. The Kier molecular flexibility index (Phi) is 5.80. The van der Waals surface area contributed by atoms with Gasteiger partial charge in [0.2, 0.25) is 0 Å². The molecule has 0 bridgehead atoms. The molecule has 0 N–H and O–H groups in total. The lowest BCUT2D eigenvalue weighted by atomic mass is 10.0. The van der Waals surface area contributed by atoms with E-state index in [1.54, 1.807) is 4.90 Å². The fourth-order valence-corrected chi connectivity index (χ4v) is 2.70. The van der Waals surface area contributed by atoms with Crippen LogP contribution in [0.5, 0.6) is 0 Å². The van der Waals surface area contributed by atoms with Crippen molar-refractivity contribution in [1.82, 2.24) is 4.90 Å². The van der Waals surface area contributed by atoms with Gasteiger partial charge in [-0.1, -0.05) is 24.3 Å². The zero-order valence-corrected chi connectivity index (χ0v) is 14.8. The van der Waals surface area contributed by atoms with Crippen molar-refractivity contribution in [2.45, 2.75) is 45.4 Å². The van der Waals surface area contributed by atoms with Crippen molar-refractivity contribution < 1.29 is 22.7 Å². The highest BCUT2D eigenvalue weighted by atomic mass is 19.4. The molecule has 1 unspecified atom stereocenters. The fraction of sp³-hybridized carbons (Fsp3) is 0.526. The van der Waals surface area contributed by atoms with Crippen molar-refractivity contribution in [3.05, 3.63) is 41.5 Å². The summed E-state index contributed by atoms with van der Waals surface area (Å²) in [6.45, 7) is 6.84. The first-order valence-electron chi connectivity index (χ1n) is 8.36. The van der Waals surface area contributed by atoms with Crippen molar-refractivity contribution in [2.75, 3.05) is 13.1 Å². The predicted octanol–water partition coefficient (Wildman–Crippen LogP) is 5.37. The molecule has 0 radical (unpaired) electrons. The molecule has 1 aliphatic rings. The van der Waals surface area contributed by atoms with Gasteiger partial charge in [0.05, 0.1) is 5.56 Å². The highest BCUT2D eigenvalue weighted by Crippen LogP contribution is 2.29. The quantitative estimate of drug-likeness (QED) is 0.730. The second-order valence-corrected chi connectivity index (χ2v) is 7.34. The first-order chi connectivity index (χ1) is 11.5. The average molecular weight is 355 g/mol. The normalized spacial score (nSPS) is 18.8. The first-order valence-corrected chi connectivity index (χ1v) is 8.36. The number of rotatable bonds is 3. The van der Waals surface area contributed by atoms with Gasteiger partial charge in [-0.2, -0.15) is 13.2 Å². The lowest BCUT2D eigenvalue weighted by Gasteiger charge is -2.24. The summed E-state index contributed by atoms with van der Waals surface area (Å²) >= 11 is 0. The van der Waals surface area contributed by atoms with Gasteiger partial charge < -0.3 is 9.64 Å². The van der Waals surface area contributed by atoms with Crippen LogP contribution in [0.2, 0.25) is 0 Å². The molecule has 6 heteroatoms. The lowest BCUT2D eigenvalue weighted by Crippen LogP contribution is -2.35. The minimum absolute atomic E-state index is 0.290. The molecule has 1 saturated heterocycles. The molecule has 1 fully saturated rings. The summed E-state index contributed by atoms with van der Waals surface area (Å²) in [5, 5.41) is 0. The Labute approximate surface area is 146 Å². The highest BCUT2D eigenvalue weighted by molar-refractivity contribution is 5.68. The Morgan fingerprint density at radius 1 is 1.24 bits per heavy atom. The van der Waals surface area contributed by atoms with E-state index in [0.29, 0.717) is 19.0 Å². The van der Waals surface area contributed by atoms with E-state index in [4.69, 9.17) is 4.74 Å². The topological polar surface area (TPSA) is 29.5 Å². The SMILES string of the molecule is CC(C)(C)OC(=O)N1CCC(CC=Cc2ccc(C(F)(F)F)cc2)C1. The third-order valence-electron chi connectivity index (χ3n) is 3.96. The number of alkyl halides is 3. The lowest BCUT2D eigenvalue weighted by molar-refractivity contribution is -0.137. The average Bonchev–Trinajstić information content (AvgIpc) is 2.94. The molecule has 1 atom stereocenters. The van der Waals surface area contributed by atoms with Gasteiger partial charge in [0.1, 0.15) is 5.60 Å². The maximum Gasteiger partial charge on any atom is 0.416 e. The van der Waals surface area contributed by atoms with Crippen LogP contribution in [-0.4, -0.2) is 29.7 Å². The van der Waals surface area contributed by atoms with Gasteiger partial charge in [-0.05, 0) is 57.2 Å². The number of likely N-dealkylation sites (tertiary alicyclic amines) is 1. The molecule has 2 rings (SSSR count). The predicted molar refractivity (Wildman–Crippen MR) is 91.0 cm³/mol. The van der Waals surface area contributed by atoms with Gasteiger partial charge in [0.25, 0.3) is 0 Å². The maximum atomic E-state index is 12.5. The van der Waals surface area contributed by atoms with Crippen LogP contribution in [-0.2, 0) is 10.9 Å². The van der Waals surface area contributed by atoms with E-state index in [0.717, 1.165) is 30.5 Å². The van der Waals surface area contributed by atoms with Crippen LogP contribution in [0, 0.1) is 5.92 Å². The number of carbonyl (C=O) groups excluding carboxylic acids is 1. The van der Waals surface area contributed by atoms with Crippen LogP contribution in [0.15, 0.2) is 30.3 Å². The molecule has 0 spiro atoms. The van der Waals surface area contributed by atoms with Crippen molar-refractivity contribution in [3.8, 4) is 0 Å². The molecule has 0 saturated carbocycles. The zero-order chi connectivity index (χ0) is 18.7. The molecule has 1 amide bonds. The number of carbonyl (C=O) groups is 1. The van der Waals surface area contributed by atoms with Crippen LogP contribution < -0.4 is 0 Å². The number of amides is 1. The summed E-state index contributed by atoms with van der Waals surface area (Å²) in [6, 6.07) is 5.08. The highest BCUT2D eigenvalue weighted by Gasteiger charge is 2.30. The van der Waals surface area contributed by atoms with Crippen LogP contribution in [0.4, 0.5) is 18.0 Å². The van der Waals surface area contributed by atoms with Crippen molar-refractivity contribution >= 4 is 12.2 Å². The summed E-state index contributed by atoms with van der Waals surface area (Å²) in [5.74, 6) is 0.346. The van der Waals surface area contributed by atoms with Crippen molar-refractivity contribution in [1.29, 1.82) is 0 Å². The Balaban J connectivity index is 1.82. The van der Waals surface area contributed by atoms with Crippen LogP contribution in [0.1, 0.15) is 44.7 Å². The molecular weight excluding hydrogens is 331 g/mol. The molecule has 138 valence electrons. The molecule has 1 aromatic carbocycles. The minimum Gasteiger partial charge on any atom is -0.444 e. The van der Waals surface area contributed by atoms with Gasteiger partial charge in [0, 0.05) is 13.1 Å². The van der Waals surface area contributed by atoms with Gasteiger partial charge in [-0.3, -0.25) is 0 Å². The molecular formula is C19H24F3NO2.